The quantitative estimate of drug-likeness (QED) is 0.858. The lowest BCUT2D eigenvalue weighted by Crippen LogP contribution is -2.43. The van der Waals surface area contributed by atoms with Gasteiger partial charge in [0.1, 0.15) is 0 Å². The molecular formula is C19H30N4. The highest BCUT2D eigenvalue weighted by Gasteiger charge is 2.14. The molecule has 0 bridgehead atoms. The van der Waals surface area contributed by atoms with Crippen molar-refractivity contribution >= 4 is 10.9 Å². The van der Waals surface area contributed by atoms with E-state index < -0.39 is 0 Å². The van der Waals surface area contributed by atoms with Gasteiger partial charge in [-0.05, 0) is 49.9 Å². The second-order valence-corrected chi connectivity index (χ2v) is 6.75. The maximum Gasteiger partial charge on any atom is 0.0515 e. The highest BCUT2D eigenvalue weighted by Crippen LogP contribution is 2.28. The molecule has 2 aromatic rings. The largest absolute Gasteiger partial charge is 0.346 e. The fourth-order valence-electron chi connectivity index (χ4n) is 3.82. The first kappa shape index (κ1) is 16.5. The summed E-state index contributed by atoms with van der Waals surface area (Å²) in [7, 11) is 0. The maximum atomic E-state index is 5.81. The van der Waals surface area contributed by atoms with Crippen LogP contribution in [0.4, 0.5) is 0 Å². The van der Waals surface area contributed by atoms with Crippen LogP contribution in [0, 0.1) is 13.8 Å². The van der Waals surface area contributed by atoms with Crippen molar-refractivity contribution < 1.29 is 0 Å². The van der Waals surface area contributed by atoms with Crippen molar-refractivity contribution in [2.75, 3.05) is 39.3 Å². The van der Waals surface area contributed by atoms with Gasteiger partial charge in [-0.1, -0.05) is 12.1 Å². The highest BCUT2D eigenvalue weighted by atomic mass is 15.2. The van der Waals surface area contributed by atoms with E-state index in [9.17, 15) is 0 Å². The van der Waals surface area contributed by atoms with E-state index in [1.807, 2.05) is 0 Å². The number of piperazine rings is 1. The predicted octanol–water partition coefficient (Wildman–Crippen LogP) is 2.05. The summed E-state index contributed by atoms with van der Waals surface area (Å²) in [6.45, 7) is 11.9. The van der Waals surface area contributed by atoms with Crippen molar-refractivity contribution in [3.8, 4) is 0 Å². The molecule has 0 spiro atoms. The molecule has 1 aliphatic heterocycles. The van der Waals surface area contributed by atoms with Gasteiger partial charge in [-0.2, -0.15) is 0 Å². The normalized spacial score (nSPS) is 16.3. The van der Waals surface area contributed by atoms with E-state index in [2.05, 4.69) is 47.0 Å². The van der Waals surface area contributed by atoms with Crippen LogP contribution in [-0.2, 0) is 13.0 Å². The molecule has 3 rings (SSSR count). The summed E-state index contributed by atoms with van der Waals surface area (Å²) in [6, 6.07) is 4.49. The Labute approximate surface area is 139 Å². The first-order valence-electron chi connectivity index (χ1n) is 8.91. The van der Waals surface area contributed by atoms with Crippen LogP contribution >= 0.6 is 0 Å². The third-order valence-corrected chi connectivity index (χ3v) is 5.01. The first-order chi connectivity index (χ1) is 11.2. The van der Waals surface area contributed by atoms with Crippen molar-refractivity contribution in [3.05, 3.63) is 35.0 Å². The van der Waals surface area contributed by atoms with Crippen LogP contribution in [0.3, 0.4) is 0 Å². The van der Waals surface area contributed by atoms with Gasteiger partial charge in [-0.25, -0.2) is 0 Å². The maximum absolute atomic E-state index is 5.81. The minimum Gasteiger partial charge on any atom is -0.346 e. The minimum absolute atomic E-state index is 0.692. The summed E-state index contributed by atoms with van der Waals surface area (Å²) in [5.74, 6) is 0. The van der Waals surface area contributed by atoms with Gasteiger partial charge in [0.25, 0.3) is 0 Å². The molecule has 0 amide bonds. The average Bonchev–Trinajstić information content (AvgIpc) is 2.92. The summed E-state index contributed by atoms with van der Waals surface area (Å²) < 4.78 is 2.36. The molecule has 0 radical (unpaired) electrons. The minimum atomic E-state index is 0.692. The third-order valence-electron chi connectivity index (χ3n) is 5.01. The number of nitrogens with two attached hydrogens (primary N) is 1. The number of benzene rings is 1. The summed E-state index contributed by atoms with van der Waals surface area (Å²) in [5.41, 5.74) is 11.4. The molecule has 1 fully saturated rings. The Morgan fingerprint density at radius 2 is 1.83 bits per heavy atom. The second kappa shape index (κ2) is 7.47. The topological polar surface area (TPSA) is 46.2 Å². The molecule has 3 N–H and O–H groups in total. The Morgan fingerprint density at radius 3 is 2.57 bits per heavy atom. The molecule has 0 atom stereocenters. The van der Waals surface area contributed by atoms with Gasteiger partial charge in [0.15, 0.2) is 0 Å². The van der Waals surface area contributed by atoms with Crippen molar-refractivity contribution in [1.29, 1.82) is 0 Å². The molecule has 1 aliphatic rings. The summed E-state index contributed by atoms with van der Waals surface area (Å²) in [6.07, 6.45) is 4.73. The molecule has 1 saturated heterocycles. The fourth-order valence-corrected chi connectivity index (χ4v) is 3.82. The Hall–Kier alpha value is -1.36. The van der Waals surface area contributed by atoms with E-state index >= 15 is 0 Å². The van der Waals surface area contributed by atoms with E-state index in [4.69, 9.17) is 5.73 Å². The molecule has 2 heterocycles. The fraction of sp³-hybridized carbons (Fsp3) is 0.579. The van der Waals surface area contributed by atoms with E-state index in [1.165, 1.54) is 53.6 Å². The standard InChI is InChI=1S/C19H30N4/c1-15-5-6-16(2)19-18(15)17(14-23(19)11-7-20)4-3-10-22-12-8-21-9-13-22/h5-6,14,21H,3-4,7-13,20H2,1-2H3. The molecule has 23 heavy (non-hydrogen) atoms. The first-order valence-corrected chi connectivity index (χ1v) is 8.91. The summed E-state index contributed by atoms with van der Waals surface area (Å²) in [5, 5.41) is 4.88. The van der Waals surface area contributed by atoms with Crippen molar-refractivity contribution in [2.24, 2.45) is 5.73 Å². The van der Waals surface area contributed by atoms with E-state index in [0.717, 1.165) is 26.1 Å². The Morgan fingerprint density at radius 1 is 1.09 bits per heavy atom. The number of nitrogens with one attached hydrogen (secondary N) is 1. The SMILES string of the molecule is Cc1ccc(C)c2c1c(CCCN1CCNCC1)cn2CCN. The zero-order valence-corrected chi connectivity index (χ0v) is 14.6. The molecule has 4 heteroatoms. The zero-order chi connectivity index (χ0) is 16.2. The van der Waals surface area contributed by atoms with Gasteiger partial charge in [-0.15, -0.1) is 0 Å². The van der Waals surface area contributed by atoms with Crippen LogP contribution in [0.25, 0.3) is 10.9 Å². The Balaban J connectivity index is 1.78. The number of aromatic nitrogens is 1. The Kier molecular flexibility index (Phi) is 5.36. The molecule has 126 valence electrons. The van der Waals surface area contributed by atoms with Crippen molar-refractivity contribution in [2.45, 2.75) is 33.2 Å². The van der Waals surface area contributed by atoms with Crippen LogP contribution in [0.2, 0.25) is 0 Å². The number of hydrogen-bond donors (Lipinski definition) is 2. The molecule has 1 aromatic heterocycles. The number of nitrogens with zero attached hydrogens (tertiary/aromatic N) is 2. The molecule has 0 saturated carbocycles. The van der Waals surface area contributed by atoms with Crippen LogP contribution in [0.5, 0.6) is 0 Å². The summed E-state index contributed by atoms with van der Waals surface area (Å²) in [4.78, 5) is 2.58. The molecule has 4 nitrogen and oxygen atoms in total. The predicted molar refractivity (Wildman–Crippen MR) is 98.1 cm³/mol. The van der Waals surface area contributed by atoms with E-state index in [1.54, 1.807) is 0 Å². The van der Waals surface area contributed by atoms with Crippen molar-refractivity contribution in [1.82, 2.24) is 14.8 Å². The molecule has 0 aliphatic carbocycles. The lowest BCUT2D eigenvalue weighted by Gasteiger charge is -2.27. The molecular weight excluding hydrogens is 284 g/mol. The molecule has 1 aromatic carbocycles. The zero-order valence-electron chi connectivity index (χ0n) is 14.6. The summed E-state index contributed by atoms with van der Waals surface area (Å²) >= 11 is 0. The Bertz CT molecular complexity index is 653. The van der Waals surface area contributed by atoms with Gasteiger partial charge < -0.3 is 20.5 Å². The van der Waals surface area contributed by atoms with Gasteiger partial charge in [0.2, 0.25) is 0 Å². The number of rotatable bonds is 6. The van der Waals surface area contributed by atoms with Gasteiger partial charge >= 0.3 is 0 Å². The lowest BCUT2D eigenvalue weighted by molar-refractivity contribution is 0.238. The monoisotopic (exact) mass is 314 g/mol. The van der Waals surface area contributed by atoms with Gasteiger partial charge in [-0.3, -0.25) is 0 Å². The number of hydrogen-bond acceptors (Lipinski definition) is 3. The molecule has 0 unspecified atom stereocenters. The number of aryl methyl sites for hydroxylation is 3. The van der Waals surface area contributed by atoms with Crippen LogP contribution in [0.1, 0.15) is 23.1 Å². The van der Waals surface area contributed by atoms with Gasteiger partial charge in [0.05, 0.1) is 5.52 Å². The smallest absolute Gasteiger partial charge is 0.0515 e. The van der Waals surface area contributed by atoms with Crippen molar-refractivity contribution in [3.63, 3.8) is 0 Å². The second-order valence-electron chi connectivity index (χ2n) is 6.75. The lowest BCUT2D eigenvalue weighted by atomic mass is 10.0. The van der Waals surface area contributed by atoms with E-state index in [0.29, 0.717) is 6.54 Å². The average molecular weight is 314 g/mol. The van der Waals surface area contributed by atoms with Gasteiger partial charge in [0, 0.05) is 50.9 Å². The highest BCUT2D eigenvalue weighted by molar-refractivity contribution is 5.89. The van der Waals surface area contributed by atoms with Crippen LogP contribution in [-0.4, -0.2) is 48.7 Å². The van der Waals surface area contributed by atoms with Crippen LogP contribution in [0.15, 0.2) is 18.3 Å². The third kappa shape index (κ3) is 3.60. The van der Waals surface area contributed by atoms with E-state index in [-0.39, 0.29) is 0 Å². The van der Waals surface area contributed by atoms with Crippen LogP contribution < -0.4 is 11.1 Å². The number of fused-ring (bicyclic) bond motifs is 1.